The number of azo groups is 1. The van der Waals surface area contributed by atoms with E-state index in [1.165, 1.54) is 11.7 Å². The number of hydrogen-bond acceptors (Lipinski definition) is 9. The van der Waals surface area contributed by atoms with Crippen LogP contribution in [-0.4, -0.2) is 38.9 Å². The van der Waals surface area contributed by atoms with Gasteiger partial charge in [-0.3, -0.25) is 21.1 Å². The van der Waals surface area contributed by atoms with Crippen molar-refractivity contribution in [3.05, 3.63) is 30.8 Å². The Morgan fingerprint density at radius 2 is 1.67 bits per heavy atom. The molecule has 0 aliphatic heterocycles. The molecule has 0 amide bonds. The van der Waals surface area contributed by atoms with Gasteiger partial charge in [-0.15, -0.1) is 11.1 Å². The SMILES string of the molecule is CCN=CN.O=NOS(=O)(=O)O.[CH-]=C.[CH-]=CN=NCN=CN.[Y].[Y]. The Hall–Kier alpha value is -0.462. The van der Waals surface area contributed by atoms with Gasteiger partial charge in [0.1, 0.15) is 0 Å². The molecular formula is C9H19N7O5SY2-2. The minimum absolute atomic E-state index is 0. The summed E-state index contributed by atoms with van der Waals surface area (Å²) in [5, 5.41) is 8.18. The molecule has 0 aromatic heterocycles. The van der Waals surface area contributed by atoms with Gasteiger partial charge < -0.3 is 24.6 Å². The van der Waals surface area contributed by atoms with Crippen molar-refractivity contribution in [1.82, 2.24) is 0 Å². The van der Waals surface area contributed by atoms with Crippen molar-refractivity contribution in [2.75, 3.05) is 13.2 Å². The van der Waals surface area contributed by atoms with Crippen molar-refractivity contribution in [2.45, 2.75) is 6.92 Å². The second-order valence-electron chi connectivity index (χ2n) is 2.10. The van der Waals surface area contributed by atoms with Crippen LogP contribution in [0.1, 0.15) is 6.92 Å². The molecule has 0 spiro atoms. The fourth-order valence-corrected chi connectivity index (χ4v) is 0.388. The van der Waals surface area contributed by atoms with E-state index in [1.54, 1.807) is 0 Å². The van der Waals surface area contributed by atoms with E-state index in [2.05, 4.69) is 37.7 Å². The van der Waals surface area contributed by atoms with E-state index in [4.69, 9.17) is 27.5 Å². The van der Waals surface area contributed by atoms with Crippen LogP contribution < -0.4 is 11.5 Å². The van der Waals surface area contributed by atoms with E-state index in [0.717, 1.165) is 19.1 Å². The topological polar surface area (TPSA) is 195 Å². The summed E-state index contributed by atoms with van der Waals surface area (Å²) in [6, 6.07) is 0. The maximum atomic E-state index is 9.27. The van der Waals surface area contributed by atoms with Gasteiger partial charge in [-0.25, -0.2) is 9.40 Å². The zero-order valence-corrected chi connectivity index (χ0v) is 19.5. The second-order valence-corrected chi connectivity index (χ2v) is 3.11. The number of nitrogens with zero attached hydrogens (tertiary/aromatic N) is 5. The van der Waals surface area contributed by atoms with E-state index in [0.29, 0.717) is 0 Å². The smallest absolute Gasteiger partial charge is 0.468 e. The summed E-state index contributed by atoms with van der Waals surface area (Å²) in [4.78, 5) is 16.0. The van der Waals surface area contributed by atoms with E-state index in [9.17, 15) is 8.42 Å². The Labute approximate surface area is 192 Å². The van der Waals surface area contributed by atoms with Gasteiger partial charge in [0, 0.05) is 72.0 Å². The Bertz CT molecular complexity index is 432. The third-order valence-electron chi connectivity index (χ3n) is 0.811. The van der Waals surface area contributed by atoms with Crippen molar-refractivity contribution >= 4 is 23.1 Å². The van der Waals surface area contributed by atoms with Gasteiger partial charge in [0.2, 0.25) is 0 Å². The van der Waals surface area contributed by atoms with Crippen LogP contribution >= 0.6 is 0 Å². The molecule has 0 fully saturated rings. The van der Waals surface area contributed by atoms with Gasteiger partial charge in [-0.1, -0.05) is 0 Å². The minimum Gasteiger partial charge on any atom is -0.521 e. The Morgan fingerprint density at radius 3 is 1.83 bits per heavy atom. The Morgan fingerprint density at radius 1 is 1.21 bits per heavy atom. The van der Waals surface area contributed by atoms with Gasteiger partial charge in [-0.2, -0.15) is 13.5 Å². The predicted molar refractivity (Wildman–Crippen MR) is 82.8 cm³/mol. The predicted octanol–water partition coefficient (Wildman–Crippen LogP) is 0.411. The van der Waals surface area contributed by atoms with Gasteiger partial charge >= 0.3 is 10.4 Å². The van der Waals surface area contributed by atoms with Crippen LogP contribution in [0.5, 0.6) is 0 Å². The molecule has 0 aromatic carbocycles. The molecule has 0 unspecified atom stereocenters. The molecule has 2 radical (unpaired) electrons. The van der Waals surface area contributed by atoms with Crippen LogP contribution in [-0.2, 0) is 80.1 Å². The van der Waals surface area contributed by atoms with E-state index in [1.807, 2.05) is 6.92 Å². The fourth-order valence-electron chi connectivity index (χ4n) is 0.311. The molecule has 134 valence electrons. The third kappa shape index (κ3) is 81.8. The first-order valence-corrected chi connectivity index (χ1v) is 6.45. The van der Waals surface area contributed by atoms with E-state index < -0.39 is 10.4 Å². The van der Waals surface area contributed by atoms with Crippen molar-refractivity contribution in [3.63, 3.8) is 0 Å². The van der Waals surface area contributed by atoms with Crippen molar-refractivity contribution < 1.29 is 82.7 Å². The molecule has 5 N–H and O–H groups in total. The van der Waals surface area contributed by atoms with Crippen LogP contribution in [0, 0.1) is 18.1 Å². The number of nitrogens with two attached hydrogens (primary N) is 2. The summed E-state index contributed by atoms with van der Waals surface area (Å²) in [7, 11) is -4.65. The zero-order valence-electron chi connectivity index (χ0n) is 13.0. The average Bonchev–Trinajstić information content (AvgIpc) is 2.47. The van der Waals surface area contributed by atoms with Gasteiger partial charge in [0.25, 0.3) is 0 Å². The first kappa shape index (κ1) is 38.9. The molecule has 0 heterocycles. The molecule has 0 bridgehead atoms. The van der Waals surface area contributed by atoms with Crippen LogP contribution in [0.2, 0.25) is 0 Å². The van der Waals surface area contributed by atoms with Gasteiger partial charge in [0.15, 0.2) is 12.0 Å². The molecule has 0 atom stereocenters. The van der Waals surface area contributed by atoms with Crippen LogP contribution in [0.15, 0.2) is 38.3 Å². The molecule has 15 heteroatoms. The van der Waals surface area contributed by atoms with Crippen LogP contribution in [0.3, 0.4) is 0 Å². The molecule has 0 aromatic rings. The molecule has 12 nitrogen and oxygen atoms in total. The average molecular weight is 515 g/mol. The summed E-state index contributed by atoms with van der Waals surface area (Å²) in [6.45, 7) is 14.8. The normalized spacial score (nSPS) is 8.92. The van der Waals surface area contributed by atoms with Crippen molar-refractivity contribution in [3.8, 4) is 0 Å². The molecule has 0 aliphatic rings. The number of aliphatic imine (C=N–C) groups is 2. The minimum atomic E-state index is -4.65. The quantitative estimate of drug-likeness (QED) is 0.0867. The molecule has 0 rings (SSSR count). The summed E-state index contributed by atoms with van der Waals surface area (Å²) in [5.74, 6) is 0. The van der Waals surface area contributed by atoms with E-state index in [-0.39, 0.29) is 72.1 Å². The largest absolute Gasteiger partial charge is 0.521 e. The number of rotatable bonds is 6. The standard InChI is InChI=1S/C4H7N4.C3H8N2.C2H3.HNO5S.2Y/c1-2-7-8-4-6-3-5;1-2-5-3-4;1-2;2-1-6-7(3,4)5;;/h1-3H,4H2,(H2,5,6);3H,2H2,1H3,(H2,4,5);1H,2H2;(H,3,4,5);;/q-1;;-1;;;. The molecule has 0 aliphatic carbocycles. The maximum Gasteiger partial charge on any atom is 0.468 e. The summed E-state index contributed by atoms with van der Waals surface area (Å²) >= 11 is 0. The first-order valence-electron chi connectivity index (χ1n) is 5.09. The van der Waals surface area contributed by atoms with Crippen molar-refractivity contribution in [2.24, 2.45) is 37.0 Å². The van der Waals surface area contributed by atoms with Gasteiger partial charge in [-0.05, 0) is 6.92 Å². The molecule has 0 saturated heterocycles. The maximum absolute atomic E-state index is 9.27. The second kappa shape index (κ2) is 38.2. The molecule has 24 heavy (non-hydrogen) atoms. The van der Waals surface area contributed by atoms with Crippen LogP contribution in [0.25, 0.3) is 0 Å². The number of hydrogen-bond donors (Lipinski definition) is 3. The van der Waals surface area contributed by atoms with Crippen LogP contribution in [0.4, 0.5) is 0 Å². The third-order valence-corrected chi connectivity index (χ3v) is 1.06. The Kier molecular flexibility index (Phi) is 61.9. The van der Waals surface area contributed by atoms with E-state index >= 15 is 0 Å². The zero-order chi connectivity index (χ0) is 18.3. The fraction of sp³-hybridized carbons (Fsp3) is 0.333. The van der Waals surface area contributed by atoms with Gasteiger partial charge in [0.05, 0.1) is 12.7 Å². The molecular weight excluding hydrogens is 496 g/mol. The summed E-state index contributed by atoms with van der Waals surface area (Å²) in [6.07, 6.45) is 3.56. The summed E-state index contributed by atoms with van der Waals surface area (Å²) < 4.78 is 28.8. The Balaban J connectivity index is -0.0000000471. The summed E-state index contributed by atoms with van der Waals surface area (Å²) in [5.41, 5.74) is 9.72. The van der Waals surface area contributed by atoms with Crippen molar-refractivity contribution in [1.29, 1.82) is 0 Å². The monoisotopic (exact) mass is 515 g/mol. The first-order chi connectivity index (χ1) is 10.4. The molecule has 0 saturated carbocycles.